The second kappa shape index (κ2) is 7.85. The van der Waals surface area contributed by atoms with Crippen LogP contribution in [-0.4, -0.2) is 51.6 Å². The number of hydrogen-bond acceptors (Lipinski definition) is 3. The first-order valence-electron chi connectivity index (χ1n) is 5.50. The van der Waals surface area contributed by atoms with E-state index in [9.17, 15) is 22.0 Å². The van der Waals surface area contributed by atoms with Gasteiger partial charge >= 0.3 is 12.1 Å². The standard InChI is InChI=1S/C10H18F5NO2/c1-3-4-16-5-8(6-17-2)18-7-9(11,12)10(13,14)15/h8,16H,3-7H2,1-2H3. The Morgan fingerprint density at radius 2 is 1.78 bits per heavy atom. The van der Waals surface area contributed by atoms with Crippen LogP contribution in [0, 0.1) is 0 Å². The van der Waals surface area contributed by atoms with Crippen molar-refractivity contribution in [2.75, 3.05) is 33.4 Å². The largest absolute Gasteiger partial charge is 0.455 e. The van der Waals surface area contributed by atoms with Crippen LogP contribution in [0.4, 0.5) is 22.0 Å². The molecule has 0 radical (unpaired) electrons. The molecule has 18 heavy (non-hydrogen) atoms. The topological polar surface area (TPSA) is 30.5 Å². The van der Waals surface area contributed by atoms with Crippen LogP contribution in [0.15, 0.2) is 0 Å². The quantitative estimate of drug-likeness (QED) is 0.518. The Morgan fingerprint density at radius 3 is 2.22 bits per heavy atom. The Hall–Kier alpha value is -0.470. The summed E-state index contributed by atoms with van der Waals surface area (Å²) >= 11 is 0. The van der Waals surface area contributed by atoms with Crippen LogP contribution in [0.3, 0.4) is 0 Å². The van der Waals surface area contributed by atoms with Crippen LogP contribution in [0.1, 0.15) is 13.3 Å². The van der Waals surface area contributed by atoms with E-state index in [0.717, 1.165) is 6.42 Å². The molecule has 8 heteroatoms. The molecule has 0 aliphatic rings. The molecule has 0 aromatic heterocycles. The summed E-state index contributed by atoms with van der Waals surface area (Å²) in [5.41, 5.74) is 0. The Bertz CT molecular complexity index is 223. The molecule has 0 aliphatic heterocycles. The van der Waals surface area contributed by atoms with Crippen molar-refractivity contribution in [3.05, 3.63) is 0 Å². The highest BCUT2D eigenvalue weighted by atomic mass is 19.4. The van der Waals surface area contributed by atoms with Crippen molar-refractivity contribution in [3.8, 4) is 0 Å². The third kappa shape index (κ3) is 6.46. The highest BCUT2D eigenvalue weighted by molar-refractivity contribution is 4.76. The molecule has 1 N–H and O–H groups in total. The van der Waals surface area contributed by atoms with Gasteiger partial charge in [0.25, 0.3) is 0 Å². The zero-order valence-corrected chi connectivity index (χ0v) is 10.3. The second-order valence-electron chi connectivity index (χ2n) is 3.79. The summed E-state index contributed by atoms with van der Waals surface area (Å²) < 4.78 is 70.2. The van der Waals surface area contributed by atoms with Crippen molar-refractivity contribution in [1.82, 2.24) is 5.32 Å². The van der Waals surface area contributed by atoms with E-state index in [1.165, 1.54) is 7.11 Å². The van der Waals surface area contributed by atoms with E-state index in [1.54, 1.807) is 0 Å². The lowest BCUT2D eigenvalue weighted by molar-refractivity contribution is -0.300. The molecule has 0 heterocycles. The van der Waals surface area contributed by atoms with Gasteiger partial charge < -0.3 is 14.8 Å². The fraction of sp³-hybridized carbons (Fsp3) is 1.00. The predicted octanol–water partition coefficient (Wildman–Crippen LogP) is 2.22. The first-order valence-corrected chi connectivity index (χ1v) is 5.50. The minimum absolute atomic E-state index is 0.0509. The van der Waals surface area contributed by atoms with Gasteiger partial charge in [0, 0.05) is 13.7 Å². The maximum Gasteiger partial charge on any atom is 0.455 e. The van der Waals surface area contributed by atoms with Crippen LogP contribution in [0.25, 0.3) is 0 Å². The van der Waals surface area contributed by atoms with E-state index in [0.29, 0.717) is 6.54 Å². The van der Waals surface area contributed by atoms with Crippen LogP contribution in [0.5, 0.6) is 0 Å². The molecular formula is C10H18F5NO2. The Balaban J connectivity index is 4.17. The van der Waals surface area contributed by atoms with Gasteiger partial charge in [0.05, 0.1) is 12.7 Å². The molecule has 0 aromatic rings. The molecule has 3 nitrogen and oxygen atoms in total. The maximum absolute atomic E-state index is 12.6. The Kier molecular flexibility index (Phi) is 7.65. The number of nitrogens with one attached hydrogen (secondary N) is 1. The lowest BCUT2D eigenvalue weighted by Crippen LogP contribution is -2.44. The number of rotatable bonds is 9. The van der Waals surface area contributed by atoms with Gasteiger partial charge in [-0.05, 0) is 13.0 Å². The summed E-state index contributed by atoms with van der Waals surface area (Å²) in [7, 11) is 1.32. The number of ether oxygens (including phenoxy) is 2. The summed E-state index contributed by atoms with van der Waals surface area (Å²) in [5.74, 6) is -4.84. The van der Waals surface area contributed by atoms with E-state index >= 15 is 0 Å². The summed E-state index contributed by atoms with van der Waals surface area (Å²) in [4.78, 5) is 0. The molecule has 0 rings (SSSR count). The molecule has 0 saturated carbocycles. The van der Waals surface area contributed by atoms with E-state index in [1.807, 2.05) is 6.92 Å². The summed E-state index contributed by atoms with van der Waals surface area (Å²) in [6, 6.07) is 0. The van der Waals surface area contributed by atoms with Gasteiger partial charge in [0.1, 0.15) is 6.61 Å². The minimum Gasteiger partial charge on any atom is -0.382 e. The highest BCUT2D eigenvalue weighted by Gasteiger charge is 2.57. The van der Waals surface area contributed by atoms with Crippen LogP contribution < -0.4 is 5.32 Å². The first-order chi connectivity index (χ1) is 8.24. The van der Waals surface area contributed by atoms with Gasteiger partial charge in [-0.3, -0.25) is 0 Å². The average Bonchev–Trinajstić information content (AvgIpc) is 2.24. The number of methoxy groups -OCH3 is 1. The summed E-state index contributed by atoms with van der Waals surface area (Å²) in [5, 5.41) is 2.86. The molecule has 0 saturated heterocycles. The van der Waals surface area contributed by atoms with Crippen molar-refractivity contribution in [3.63, 3.8) is 0 Å². The van der Waals surface area contributed by atoms with E-state index in [2.05, 4.69) is 10.1 Å². The molecule has 0 spiro atoms. The molecule has 0 aromatic carbocycles. The normalized spacial score (nSPS) is 14.8. The zero-order valence-electron chi connectivity index (χ0n) is 10.3. The van der Waals surface area contributed by atoms with Gasteiger partial charge in [-0.15, -0.1) is 0 Å². The van der Waals surface area contributed by atoms with Gasteiger partial charge in [0.2, 0.25) is 0 Å². The summed E-state index contributed by atoms with van der Waals surface area (Å²) in [6.07, 6.45) is -5.62. The molecule has 110 valence electrons. The number of alkyl halides is 5. The maximum atomic E-state index is 12.6. The lowest BCUT2D eigenvalue weighted by Gasteiger charge is -2.23. The average molecular weight is 279 g/mol. The summed E-state index contributed by atoms with van der Waals surface area (Å²) in [6.45, 7) is 0.939. The van der Waals surface area contributed by atoms with Crippen LogP contribution >= 0.6 is 0 Å². The molecule has 0 bridgehead atoms. The smallest absolute Gasteiger partial charge is 0.382 e. The minimum atomic E-state index is -5.60. The van der Waals surface area contributed by atoms with Crippen LogP contribution in [0.2, 0.25) is 0 Å². The molecule has 0 fully saturated rings. The zero-order chi connectivity index (χ0) is 14.2. The number of hydrogen-bond donors (Lipinski definition) is 1. The van der Waals surface area contributed by atoms with Crippen molar-refractivity contribution in [2.45, 2.75) is 31.5 Å². The monoisotopic (exact) mass is 279 g/mol. The third-order valence-corrected chi connectivity index (χ3v) is 2.07. The van der Waals surface area contributed by atoms with Gasteiger partial charge in [-0.25, -0.2) is 0 Å². The van der Waals surface area contributed by atoms with Crippen molar-refractivity contribution in [2.24, 2.45) is 0 Å². The number of halogens is 5. The first kappa shape index (κ1) is 17.5. The van der Waals surface area contributed by atoms with E-state index in [4.69, 9.17) is 4.74 Å². The SMILES string of the molecule is CCCNCC(COC)OCC(F)(F)C(F)(F)F. The fourth-order valence-electron chi connectivity index (χ4n) is 1.10. The van der Waals surface area contributed by atoms with Gasteiger partial charge in [-0.1, -0.05) is 6.92 Å². The molecular weight excluding hydrogens is 261 g/mol. The van der Waals surface area contributed by atoms with Crippen molar-refractivity contribution >= 4 is 0 Å². The Morgan fingerprint density at radius 1 is 1.17 bits per heavy atom. The predicted molar refractivity (Wildman–Crippen MR) is 55.8 cm³/mol. The molecule has 1 unspecified atom stereocenters. The second-order valence-corrected chi connectivity index (χ2v) is 3.79. The van der Waals surface area contributed by atoms with E-state index in [-0.39, 0.29) is 13.2 Å². The van der Waals surface area contributed by atoms with Crippen molar-refractivity contribution < 1.29 is 31.4 Å². The fourth-order valence-corrected chi connectivity index (χ4v) is 1.10. The lowest BCUT2D eigenvalue weighted by atomic mass is 10.3. The third-order valence-electron chi connectivity index (χ3n) is 2.07. The van der Waals surface area contributed by atoms with Crippen molar-refractivity contribution in [1.29, 1.82) is 0 Å². The molecule has 0 amide bonds. The molecule has 0 aliphatic carbocycles. The highest BCUT2D eigenvalue weighted by Crippen LogP contribution is 2.35. The van der Waals surface area contributed by atoms with Crippen LogP contribution in [-0.2, 0) is 9.47 Å². The molecule has 1 atom stereocenters. The van der Waals surface area contributed by atoms with Gasteiger partial charge in [0.15, 0.2) is 0 Å². The van der Waals surface area contributed by atoms with Gasteiger partial charge in [-0.2, -0.15) is 22.0 Å². The van der Waals surface area contributed by atoms with E-state index < -0.39 is 24.8 Å². The Labute approximate surface area is 103 Å².